The smallest absolute Gasteiger partial charge is 0.224 e. The molecule has 16 heavy (non-hydrogen) atoms. The highest BCUT2D eigenvalue weighted by molar-refractivity contribution is 5.79. The third kappa shape index (κ3) is 2.73. The summed E-state index contributed by atoms with van der Waals surface area (Å²) in [7, 11) is 1.62. The van der Waals surface area contributed by atoms with Gasteiger partial charge in [0.05, 0.1) is 19.6 Å². The Morgan fingerprint density at radius 2 is 2.38 bits per heavy atom. The summed E-state index contributed by atoms with van der Waals surface area (Å²) in [6.07, 6.45) is 0.410. The predicted octanol–water partition coefficient (Wildman–Crippen LogP) is 0.326. The summed E-state index contributed by atoms with van der Waals surface area (Å²) in [5.74, 6) is 0.857. The molecular formula is C12H16N2O2. The van der Waals surface area contributed by atoms with E-state index in [1.807, 2.05) is 24.3 Å². The molecule has 2 N–H and O–H groups in total. The zero-order chi connectivity index (χ0) is 11.4. The molecule has 0 aliphatic carbocycles. The van der Waals surface area contributed by atoms with Gasteiger partial charge in [-0.1, -0.05) is 12.1 Å². The lowest BCUT2D eigenvalue weighted by atomic mass is 10.1. The van der Waals surface area contributed by atoms with Gasteiger partial charge in [-0.2, -0.15) is 0 Å². The summed E-state index contributed by atoms with van der Waals surface area (Å²) >= 11 is 0. The van der Waals surface area contributed by atoms with Crippen LogP contribution in [-0.4, -0.2) is 32.1 Å². The van der Waals surface area contributed by atoms with Crippen LogP contribution in [0.25, 0.3) is 0 Å². The summed E-state index contributed by atoms with van der Waals surface area (Å²) in [5.41, 5.74) is 0.976. The maximum Gasteiger partial charge on any atom is 0.224 e. The molecule has 0 spiro atoms. The van der Waals surface area contributed by atoms with Crippen LogP contribution in [0.1, 0.15) is 5.56 Å². The second-order valence-corrected chi connectivity index (χ2v) is 3.95. The van der Waals surface area contributed by atoms with Crippen molar-refractivity contribution in [3.05, 3.63) is 29.8 Å². The van der Waals surface area contributed by atoms with E-state index in [9.17, 15) is 4.79 Å². The minimum atomic E-state index is 0.0692. The Hall–Kier alpha value is -1.55. The van der Waals surface area contributed by atoms with Crippen molar-refractivity contribution in [2.24, 2.45) is 0 Å². The van der Waals surface area contributed by atoms with Gasteiger partial charge in [0.25, 0.3) is 0 Å². The quantitative estimate of drug-likeness (QED) is 0.768. The van der Waals surface area contributed by atoms with Gasteiger partial charge in [-0.25, -0.2) is 0 Å². The number of amides is 1. The highest BCUT2D eigenvalue weighted by Gasteiger charge is 2.18. The second-order valence-electron chi connectivity index (χ2n) is 3.95. The van der Waals surface area contributed by atoms with Crippen molar-refractivity contribution in [2.45, 2.75) is 12.5 Å². The molecule has 2 rings (SSSR count). The minimum Gasteiger partial charge on any atom is -0.497 e. The molecular weight excluding hydrogens is 204 g/mol. The highest BCUT2D eigenvalue weighted by atomic mass is 16.5. The van der Waals surface area contributed by atoms with Crippen molar-refractivity contribution < 1.29 is 9.53 Å². The topological polar surface area (TPSA) is 50.4 Å². The van der Waals surface area contributed by atoms with Crippen LogP contribution in [0.3, 0.4) is 0 Å². The molecule has 1 saturated heterocycles. The first kappa shape index (κ1) is 11.0. The number of ether oxygens (including phenoxy) is 1. The van der Waals surface area contributed by atoms with Crippen LogP contribution in [0.15, 0.2) is 24.3 Å². The van der Waals surface area contributed by atoms with Gasteiger partial charge in [0, 0.05) is 13.1 Å². The van der Waals surface area contributed by atoms with Gasteiger partial charge >= 0.3 is 0 Å². The van der Waals surface area contributed by atoms with Gasteiger partial charge in [-0.3, -0.25) is 4.79 Å². The van der Waals surface area contributed by atoms with E-state index in [0.717, 1.165) is 24.4 Å². The van der Waals surface area contributed by atoms with Crippen LogP contribution in [0.2, 0.25) is 0 Å². The van der Waals surface area contributed by atoms with E-state index < -0.39 is 0 Å². The van der Waals surface area contributed by atoms with Gasteiger partial charge in [0.2, 0.25) is 5.91 Å². The van der Waals surface area contributed by atoms with Crippen molar-refractivity contribution in [3.63, 3.8) is 0 Å². The summed E-state index contributed by atoms with van der Waals surface area (Å²) in [6.45, 7) is 1.76. The summed E-state index contributed by atoms with van der Waals surface area (Å²) in [4.78, 5) is 11.6. The average Bonchev–Trinajstić information content (AvgIpc) is 2.24. The molecule has 1 aromatic rings. The number of methoxy groups -OCH3 is 1. The predicted molar refractivity (Wildman–Crippen MR) is 61.5 cm³/mol. The van der Waals surface area contributed by atoms with E-state index >= 15 is 0 Å². The first-order valence-corrected chi connectivity index (χ1v) is 5.41. The lowest BCUT2D eigenvalue weighted by Crippen LogP contribution is -2.57. The van der Waals surface area contributed by atoms with Crippen molar-refractivity contribution >= 4 is 5.91 Å². The largest absolute Gasteiger partial charge is 0.497 e. The Morgan fingerprint density at radius 3 is 3.00 bits per heavy atom. The zero-order valence-electron chi connectivity index (χ0n) is 9.32. The Kier molecular flexibility index (Phi) is 3.41. The number of carbonyl (C=O) groups excluding carboxylic acids is 1. The van der Waals surface area contributed by atoms with Crippen molar-refractivity contribution in [1.29, 1.82) is 0 Å². The average molecular weight is 220 g/mol. The molecule has 4 nitrogen and oxygen atoms in total. The number of nitrogens with one attached hydrogen (secondary N) is 2. The fraction of sp³-hybridized carbons (Fsp3) is 0.417. The minimum absolute atomic E-state index is 0.0692. The second kappa shape index (κ2) is 4.99. The van der Waals surface area contributed by atoms with Crippen LogP contribution >= 0.6 is 0 Å². The van der Waals surface area contributed by atoms with E-state index in [1.54, 1.807) is 7.11 Å². The zero-order valence-corrected chi connectivity index (χ0v) is 9.32. The molecule has 86 valence electrons. The molecule has 1 aromatic carbocycles. The molecule has 0 bridgehead atoms. The maximum absolute atomic E-state index is 11.6. The monoisotopic (exact) mass is 220 g/mol. The third-order valence-electron chi connectivity index (χ3n) is 2.65. The molecule has 0 unspecified atom stereocenters. The lowest BCUT2D eigenvalue weighted by Gasteiger charge is -2.27. The fourth-order valence-electron chi connectivity index (χ4n) is 1.64. The molecule has 1 aliphatic heterocycles. The van der Waals surface area contributed by atoms with Gasteiger partial charge in [0.15, 0.2) is 0 Å². The molecule has 0 aromatic heterocycles. The van der Waals surface area contributed by atoms with Gasteiger partial charge in [-0.05, 0) is 17.7 Å². The van der Waals surface area contributed by atoms with Crippen LogP contribution in [0.5, 0.6) is 5.75 Å². The van der Waals surface area contributed by atoms with E-state index in [1.165, 1.54) is 0 Å². The number of hydrogen-bond acceptors (Lipinski definition) is 3. The van der Waals surface area contributed by atoms with E-state index in [0.29, 0.717) is 12.5 Å². The standard InChI is InChI=1S/C12H16N2O2/c1-16-11-4-2-3-9(5-11)6-12(15)14-10-7-13-8-10/h2-5,10,13H,6-8H2,1H3,(H,14,15). The maximum atomic E-state index is 11.6. The van der Waals surface area contributed by atoms with Gasteiger partial charge in [0.1, 0.15) is 5.75 Å². The summed E-state index contributed by atoms with van der Waals surface area (Å²) in [6, 6.07) is 7.89. The number of carbonyl (C=O) groups is 1. The molecule has 0 atom stereocenters. The SMILES string of the molecule is COc1cccc(CC(=O)NC2CNC2)c1. The van der Waals surface area contributed by atoms with Crippen molar-refractivity contribution in [2.75, 3.05) is 20.2 Å². The third-order valence-corrected chi connectivity index (χ3v) is 2.65. The molecule has 1 aliphatic rings. The molecule has 1 amide bonds. The molecule has 0 saturated carbocycles. The van der Waals surface area contributed by atoms with Crippen LogP contribution in [0.4, 0.5) is 0 Å². The number of hydrogen-bond donors (Lipinski definition) is 2. The normalized spacial score (nSPS) is 15.3. The molecule has 4 heteroatoms. The van der Waals surface area contributed by atoms with E-state index in [-0.39, 0.29) is 5.91 Å². The fourth-order valence-corrected chi connectivity index (χ4v) is 1.64. The first-order valence-electron chi connectivity index (χ1n) is 5.41. The Labute approximate surface area is 95.0 Å². The molecule has 1 heterocycles. The Bertz CT molecular complexity index is 375. The lowest BCUT2D eigenvalue weighted by molar-refractivity contribution is -0.121. The Balaban J connectivity index is 1.89. The highest BCUT2D eigenvalue weighted by Crippen LogP contribution is 2.12. The molecule has 0 radical (unpaired) electrons. The van der Waals surface area contributed by atoms with Crippen LogP contribution < -0.4 is 15.4 Å². The van der Waals surface area contributed by atoms with Crippen molar-refractivity contribution in [1.82, 2.24) is 10.6 Å². The van der Waals surface area contributed by atoms with Crippen LogP contribution in [-0.2, 0) is 11.2 Å². The summed E-state index contributed by atoms with van der Waals surface area (Å²) < 4.78 is 5.11. The first-order chi connectivity index (χ1) is 7.78. The van der Waals surface area contributed by atoms with Crippen LogP contribution in [0, 0.1) is 0 Å². The van der Waals surface area contributed by atoms with E-state index in [2.05, 4.69) is 10.6 Å². The van der Waals surface area contributed by atoms with Crippen molar-refractivity contribution in [3.8, 4) is 5.75 Å². The number of rotatable bonds is 4. The number of benzene rings is 1. The van der Waals surface area contributed by atoms with Gasteiger partial charge in [-0.15, -0.1) is 0 Å². The Morgan fingerprint density at radius 1 is 1.56 bits per heavy atom. The molecule has 1 fully saturated rings. The van der Waals surface area contributed by atoms with E-state index in [4.69, 9.17) is 4.74 Å². The van der Waals surface area contributed by atoms with Gasteiger partial charge < -0.3 is 15.4 Å². The summed E-state index contributed by atoms with van der Waals surface area (Å²) in [5, 5.41) is 6.07.